The second-order valence-electron chi connectivity index (χ2n) is 13.4. The van der Waals surface area contributed by atoms with E-state index in [1.54, 1.807) is 23.3 Å². The Hall–Kier alpha value is -2.08. The largest absolute Gasteiger partial charge is 0.103 e. The Bertz CT molecular complexity index is 906. The van der Waals surface area contributed by atoms with E-state index in [-0.39, 0.29) is 0 Å². The summed E-state index contributed by atoms with van der Waals surface area (Å²) < 4.78 is 0. The highest BCUT2D eigenvalue weighted by Gasteiger charge is 2.30. The van der Waals surface area contributed by atoms with E-state index in [9.17, 15) is 0 Å². The summed E-state index contributed by atoms with van der Waals surface area (Å²) in [5, 5.41) is 0. The van der Waals surface area contributed by atoms with Gasteiger partial charge in [0.05, 0.1) is 0 Å². The Morgan fingerprint density at radius 2 is 1.48 bits per heavy atom. The molecule has 0 saturated heterocycles. The lowest BCUT2D eigenvalue weighted by Crippen LogP contribution is -2.28. The van der Waals surface area contributed by atoms with Gasteiger partial charge in [0, 0.05) is 0 Å². The Morgan fingerprint density at radius 3 is 1.86 bits per heavy atom. The van der Waals surface area contributed by atoms with Crippen LogP contribution >= 0.6 is 0 Å². The van der Waals surface area contributed by atoms with E-state index in [1.165, 1.54) is 74.5 Å². The highest BCUT2D eigenvalue weighted by Crippen LogP contribution is 2.39. The molecule has 0 bridgehead atoms. The van der Waals surface area contributed by atoms with E-state index in [0.29, 0.717) is 5.41 Å². The van der Waals surface area contributed by atoms with Crippen molar-refractivity contribution in [1.29, 1.82) is 0 Å². The fraction of sp³-hybridized carbons (Fsp3) is 0.636. The van der Waals surface area contributed by atoms with Crippen LogP contribution in [0.25, 0.3) is 0 Å². The molecule has 0 aromatic heterocycles. The molecule has 44 heavy (non-hydrogen) atoms. The maximum absolute atomic E-state index is 4.00. The minimum Gasteiger partial charge on any atom is -0.103 e. The quantitative estimate of drug-likeness (QED) is 0.271. The van der Waals surface area contributed by atoms with Crippen LogP contribution in [-0.4, -0.2) is 0 Å². The third kappa shape index (κ3) is 20.0. The molecule has 0 nitrogen and oxygen atoms in total. The maximum Gasteiger partial charge on any atom is -0.0142 e. The summed E-state index contributed by atoms with van der Waals surface area (Å²) in [5.74, 6) is 3.29. The van der Waals surface area contributed by atoms with Crippen LogP contribution in [0.3, 0.4) is 0 Å². The molecule has 0 N–H and O–H groups in total. The lowest BCUT2D eigenvalue weighted by atomic mass is 9.68. The molecule has 1 unspecified atom stereocenters. The van der Waals surface area contributed by atoms with Gasteiger partial charge in [-0.15, -0.1) is 13.2 Å². The van der Waals surface area contributed by atoms with E-state index in [0.717, 1.165) is 23.7 Å². The summed E-state index contributed by atoms with van der Waals surface area (Å²) in [6.45, 7) is 41.4. The van der Waals surface area contributed by atoms with Crippen LogP contribution in [0.2, 0.25) is 0 Å². The van der Waals surface area contributed by atoms with Crippen molar-refractivity contribution in [1.82, 2.24) is 0 Å². The SMILES string of the molecule is C=C(C)C1CCC(C)CC1.C=CC.C=CC.CC.CC(C)C(C)(C)C1C=CC=CC1.CCCCc1ccc(C)c(C)c1CC. The number of hydrogen-bond donors (Lipinski definition) is 0. The van der Waals surface area contributed by atoms with Crippen molar-refractivity contribution in [3.05, 3.63) is 96.2 Å². The van der Waals surface area contributed by atoms with Gasteiger partial charge in [0.15, 0.2) is 0 Å². The number of aryl methyl sites for hydroxylation is 2. The average Bonchev–Trinajstić information content (AvgIpc) is 3.01. The molecule has 0 aliphatic heterocycles. The molecule has 2 aliphatic carbocycles. The molecule has 0 heterocycles. The van der Waals surface area contributed by atoms with Crippen LogP contribution in [-0.2, 0) is 12.8 Å². The molecular weight excluding hydrogens is 528 g/mol. The topological polar surface area (TPSA) is 0 Å². The second-order valence-corrected chi connectivity index (χ2v) is 13.4. The third-order valence-electron chi connectivity index (χ3n) is 9.26. The molecule has 3 rings (SSSR count). The molecule has 0 spiro atoms. The standard InChI is InChI=1S/C14H22.C12H20.C10H18.2C3H6.C2H6/c1-5-7-8-13-10-9-11(3)12(4)14(13)6-2;1-10(2)12(3,4)11-8-6-5-7-9-11;1-8(2)10-6-4-9(3)5-7-10;2*1-3-2;1-2/h9-10H,5-8H2,1-4H3;5-8,10-11H,9H2,1-4H3;9-10H,1,4-7H2,2-3H3;2*3H,1H2,2H3;1-2H3. The minimum atomic E-state index is 0.432. The summed E-state index contributed by atoms with van der Waals surface area (Å²) in [4.78, 5) is 0. The normalized spacial score (nSPS) is 18.2. The number of benzene rings is 1. The Kier molecular flexibility index (Phi) is 29.9. The molecule has 0 radical (unpaired) electrons. The highest BCUT2D eigenvalue weighted by molar-refractivity contribution is 5.39. The Morgan fingerprint density at radius 1 is 0.955 bits per heavy atom. The van der Waals surface area contributed by atoms with E-state index in [1.807, 2.05) is 27.7 Å². The molecule has 1 fully saturated rings. The molecule has 254 valence electrons. The molecule has 1 atom stereocenters. The van der Waals surface area contributed by atoms with Gasteiger partial charge in [-0.2, -0.15) is 0 Å². The van der Waals surface area contributed by atoms with Gasteiger partial charge >= 0.3 is 0 Å². The summed E-state index contributed by atoms with van der Waals surface area (Å²) in [7, 11) is 0. The van der Waals surface area contributed by atoms with Gasteiger partial charge in [-0.05, 0) is 124 Å². The van der Waals surface area contributed by atoms with Gasteiger partial charge in [0.25, 0.3) is 0 Å². The summed E-state index contributed by atoms with van der Waals surface area (Å²) >= 11 is 0. The van der Waals surface area contributed by atoms with Crippen molar-refractivity contribution in [3.8, 4) is 0 Å². The number of hydrogen-bond acceptors (Lipinski definition) is 0. The second kappa shape index (κ2) is 28.4. The van der Waals surface area contributed by atoms with Crippen LogP contribution in [0, 0.1) is 42.9 Å². The third-order valence-corrected chi connectivity index (χ3v) is 9.26. The van der Waals surface area contributed by atoms with Crippen LogP contribution in [0.1, 0.15) is 150 Å². The van der Waals surface area contributed by atoms with Crippen LogP contribution < -0.4 is 0 Å². The van der Waals surface area contributed by atoms with Crippen LogP contribution in [0.4, 0.5) is 0 Å². The van der Waals surface area contributed by atoms with Gasteiger partial charge < -0.3 is 0 Å². The van der Waals surface area contributed by atoms with Gasteiger partial charge in [0.1, 0.15) is 0 Å². The molecule has 0 heteroatoms. The molecule has 1 aromatic carbocycles. The first-order valence-corrected chi connectivity index (χ1v) is 18.0. The van der Waals surface area contributed by atoms with Gasteiger partial charge in [-0.3, -0.25) is 0 Å². The van der Waals surface area contributed by atoms with Crippen molar-refractivity contribution in [2.45, 2.75) is 155 Å². The molecule has 1 saturated carbocycles. The zero-order valence-corrected chi connectivity index (χ0v) is 32.4. The lowest BCUT2D eigenvalue weighted by Gasteiger charge is -2.36. The zero-order valence-electron chi connectivity index (χ0n) is 32.4. The van der Waals surface area contributed by atoms with Crippen molar-refractivity contribution in [2.75, 3.05) is 0 Å². The van der Waals surface area contributed by atoms with Gasteiger partial charge in [-0.1, -0.05) is 142 Å². The fourth-order valence-electron chi connectivity index (χ4n) is 5.34. The monoisotopic (exact) mass is 607 g/mol. The van der Waals surface area contributed by atoms with E-state index < -0.39 is 0 Å². The zero-order chi connectivity index (χ0) is 34.7. The highest BCUT2D eigenvalue weighted by atomic mass is 14.3. The van der Waals surface area contributed by atoms with Crippen molar-refractivity contribution < 1.29 is 0 Å². The lowest BCUT2D eigenvalue weighted by molar-refractivity contribution is 0.173. The smallest absolute Gasteiger partial charge is 0.0142 e. The summed E-state index contributed by atoms with van der Waals surface area (Å²) in [5.41, 5.74) is 7.91. The predicted molar refractivity (Wildman–Crippen MR) is 208 cm³/mol. The summed E-state index contributed by atoms with van der Waals surface area (Å²) in [6, 6.07) is 4.58. The van der Waals surface area contributed by atoms with Crippen molar-refractivity contribution in [2.24, 2.45) is 29.1 Å². The number of allylic oxidation sites excluding steroid dienone is 7. The van der Waals surface area contributed by atoms with E-state index >= 15 is 0 Å². The summed E-state index contributed by atoms with van der Waals surface area (Å²) in [6.07, 6.45) is 24.3. The Labute approximate surface area is 279 Å². The Balaban J connectivity index is -0.000000515. The van der Waals surface area contributed by atoms with Gasteiger partial charge in [0.2, 0.25) is 0 Å². The maximum atomic E-state index is 4.00. The molecule has 2 aliphatic rings. The molecular formula is C44H78. The fourth-order valence-corrected chi connectivity index (χ4v) is 5.34. The number of rotatable bonds is 7. The molecule has 1 aromatic rings. The first-order valence-electron chi connectivity index (χ1n) is 18.0. The van der Waals surface area contributed by atoms with Gasteiger partial charge in [-0.25, -0.2) is 0 Å². The molecule has 0 amide bonds. The first kappa shape index (κ1) is 46.3. The van der Waals surface area contributed by atoms with Crippen LogP contribution in [0.5, 0.6) is 0 Å². The minimum absolute atomic E-state index is 0.432. The van der Waals surface area contributed by atoms with E-state index in [2.05, 4.69) is 125 Å². The van der Waals surface area contributed by atoms with E-state index in [4.69, 9.17) is 0 Å². The average molecular weight is 607 g/mol. The van der Waals surface area contributed by atoms with Crippen molar-refractivity contribution in [3.63, 3.8) is 0 Å². The predicted octanol–water partition coefficient (Wildman–Crippen LogP) is 14.8. The van der Waals surface area contributed by atoms with Crippen molar-refractivity contribution >= 4 is 0 Å². The number of unbranched alkanes of at least 4 members (excludes halogenated alkanes) is 1. The first-order chi connectivity index (χ1) is 20.8. The van der Waals surface area contributed by atoms with Crippen LogP contribution in [0.15, 0.2) is 73.9 Å².